The second kappa shape index (κ2) is 14.3. The monoisotopic (exact) mass is 651 g/mol. The van der Waals surface area contributed by atoms with Crippen LogP contribution in [-0.2, 0) is 0 Å². The Balaban J connectivity index is 1.23. The molecule has 0 radical (unpaired) electrons. The van der Waals surface area contributed by atoms with Crippen molar-refractivity contribution in [3.8, 4) is 11.5 Å². The Kier molecular flexibility index (Phi) is 9.77. The van der Waals surface area contributed by atoms with Gasteiger partial charge in [0.05, 0.1) is 42.8 Å². The van der Waals surface area contributed by atoms with Gasteiger partial charge < -0.3 is 24.2 Å². The average molecular weight is 652 g/mol. The van der Waals surface area contributed by atoms with E-state index in [9.17, 15) is 14.4 Å². The molecule has 2 atom stereocenters. The number of anilines is 1. The number of carbonyl (C=O) groups is 3. The number of aryl methyl sites for hydroxylation is 1. The van der Waals surface area contributed by atoms with Crippen LogP contribution in [0.15, 0.2) is 77.5 Å². The lowest BCUT2D eigenvalue weighted by Gasteiger charge is -2.39. The van der Waals surface area contributed by atoms with Crippen LogP contribution >= 0.6 is 0 Å². The molecule has 0 aliphatic carbocycles. The van der Waals surface area contributed by atoms with Gasteiger partial charge >= 0.3 is 0 Å². The van der Waals surface area contributed by atoms with Crippen molar-refractivity contribution in [2.75, 3.05) is 51.8 Å². The number of nitrogens with zero attached hydrogens (tertiary/aromatic N) is 4. The summed E-state index contributed by atoms with van der Waals surface area (Å²) in [6, 6.07) is 21.1. The fourth-order valence-corrected chi connectivity index (χ4v) is 6.73. The van der Waals surface area contributed by atoms with Gasteiger partial charge in [-0.15, -0.1) is 0 Å². The van der Waals surface area contributed by atoms with Gasteiger partial charge in [-0.05, 0) is 62.1 Å². The van der Waals surface area contributed by atoms with Crippen LogP contribution < -0.4 is 19.7 Å². The van der Waals surface area contributed by atoms with Gasteiger partial charge in [0.1, 0.15) is 11.8 Å². The summed E-state index contributed by atoms with van der Waals surface area (Å²) in [6.45, 7) is 7.39. The van der Waals surface area contributed by atoms with Crippen molar-refractivity contribution in [2.24, 2.45) is 0 Å². The third-order valence-corrected chi connectivity index (χ3v) is 9.45. The summed E-state index contributed by atoms with van der Waals surface area (Å²) < 4.78 is 15.9. The van der Waals surface area contributed by atoms with Crippen molar-refractivity contribution < 1.29 is 28.4 Å². The normalized spacial score (nSPS) is 16.1. The number of ether oxygens (including phenoxy) is 2. The molecular weight excluding hydrogens is 610 g/mol. The summed E-state index contributed by atoms with van der Waals surface area (Å²) in [6.07, 6.45) is 2.23. The molecule has 2 aliphatic heterocycles. The number of imide groups is 1. The Morgan fingerprint density at radius 1 is 0.917 bits per heavy atom. The minimum absolute atomic E-state index is 0.279. The minimum atomic E-state index is -0.608. The molecule has 6 rings (SSSR count). The van der Waals surface area contributed by atoms with E-state index in [0.29, 0.717) is 53.3 Å². The molecule has 0 saturated carbocycles. The van der Waals surface area contributed by atoms with Crippen LogP contribution in [0.2, 0.25) is 0 Å². The number of methoxy groups -OCH3 is 2. The largest absolute Gasteiger partial charge is 0.493 e. The number of fused-ring (bicyclic) bond motifs is 1. The predicted octanol–water partition coefficient (Wildman–Crippen LogP) is 5.43. The first-order valence-electron chi connectivity index (χ1n) is 16.3. The quantitative estimate of drug-likeness (QED) is 0.158. The van der Waals surface area contributed by atoms with Crippen molar-refractivity contribution in [3.63, 3.8) is 0 Å². The highest BCUT2D eigenvalue weighted by Crippen LogP contribution is 2.40. The molecule has 4 aromatic rings. The first-order chi connectivity index (χ1) is 23.3. The molecule has 1 saturated heterocycles. The minimum Gasteiger partial charge on any atom is -0.493 e. The van der Waals surface area contributed by atoms with Crippen molar-refractivity contribution in [2.45, 2.75) is 38.8 Å². The van der Waals surface area contributed by atoms with Crippen LogP contribution in [0.5, 0.6) is 11.5 Å². The molecule has 1 aromatic heterocycles. The molecular formula is C37H41N5O6. The number of hydrogen-bond acceptors (Lipinski definition) is 9. The topological polar surface area (TPSA) is 117 Å². The molecule has 1 N–H and O–H groups in total. The van der Waals surface area contributed by atoms with E-state index in [0.717, 1.165) is 37.4 Å². The lowest BCUT2D eigenvalue weighted by Crippen LogP contribution is -2.47. The summed E-state index contributed by atoms with van der Waals surface area (Å²) in [4.78, 5) is 47.2. The van der Waals surface area contributed by atoms with Crippen LogP contribution in [0.4, 0.5) is 5.69 Å². The van der Waals surface area contributed by atoms with Crippen LogP contribution in [0.3, 0.4) is 0 Å². The Bertz CT molecular complexity index is 1780. The fourth-order valence-electron chi connectivity index (χ4n) is 6.73. The number of piperazine rings is 1. The third-order valence-electron chi connectivity index (χ3n) is 9.45. The summed E-state index contributed by atoms with van der Waals surface area (Å²) in [5, 5.41) is 6.67. The maximum Gasteiger partial charge on any atom is 0.264 e. The second-order valence-electron chi connectivity index (χ2n) is 12.1. The molecule has 11 heteroatoms. The zero-order valence-electron chi connectivity index (χ0n) is 27.8. The molecule has 3 aromatic carbocycles. The van der Waals surface area contributed by atoms with Crippen molar-refractivity contribution in [3.05, 3.63) is 107 Å². The molecule has 1 unspecified atom stereocenters. The average Bonchev–Trinajstić information content (AvgIpc) is 3.67. The van der Waals surface area contributed by atoms with Gasteiger partial charge in [-0.1, -0.05) is 47.6 Å². The Morgan fingerprint density at radius 2 is 1.67 bits per heavy atom. The highest BCUT2D eigenvalue weighted by atomic mass is 16.5. The summed E-state index contributed by atoms with van der Waals surface area (Å²) in [5.74, 6) is 0.0876. The molecule has 11 nitrogen and oxygen atoms in total. The summed E-state index contributed by atoms with van der Waals surface area (Å²) in [5.41, 5.74) is 4.50. The maximum atomic E-state index is 14.4. The van der Waals surface area contributed by atoms with E-state index in [4.69, 9.17) is 14.0 Å². The first kappa shape index (κ1) is 32.8. The highest BCUT2D eigenvalue weighted by Gasteiger charge is 2.43. The van der Waals surface area contributed by atoms with E-state index in [1.54, 1.807) is 39.3 Å². The number of rotatable bonds is 12. The standard InChI is InChI=1S/C37H41N5O6/c1-24-29(23-48-39-24)35(43)38-17-9-14-30(27-15-16-32(46-3)33(22-27)47-4)42-36(44)28-12-8-13-31(34(28)37(42)45)41-20-18-40(19-21-41)25(2)26-10-6-5-7-11-26/h5-8,10-13,15-16,22-23,25,30H,9,14,17-21H2,1-4H3,(H,38,43)/t25?,30-/m1/s1. The van der Waals surface area contributed by atoms with Crippen molar-refractivity contribution >= 4 is 23.4 Å². The van der Waals surface area contributed by atoms with Gasteiger partial charge in [-0.25, -0.2) is 0 Å². The first-order valence-corrected chi connectivity index (χ1v) is 16.3. The third kappa shape index (κ3) is 6.37. The number of hydrogen-bond donors (Lipinski definition) is 1. The SMILES string of the molecule is COc1ccc([C@@H](CCCNC(=O)c2conc2C)N2C(=O)c3cccc(N4CCN(C(C)c5ccccc5)CC4)c3C2=O)cc1OC. The second-order valence-corrected chi connectivity index (χ2v) is 12.1. The number of benzene rings is 3. The highest BCUT2D eigenvalue weighted by molar-refractivity contribution is 6.24. The summed E-state index contributed by atoms with van der Waals surface area (Å²) in [7, 11) is 3.11. The molecule has 0 spiro atoms. The Morgan fingerprint density at radius 3 is 2.35 bits per heavy atom. The van der Waals surface area contributed by atoms with E-state index in [2.05, 4.69) is 51.5 Å². The predicted molar refractivity (Wildman–Crippen MR) is 181 cm³/mol. The lowest BCUT2D eigenvalue weighted by molar-refractivity contribution is 0.0570. The van der Waals surface area contributed by atoms with Crippen molar-refractivity contribution in [1.29, 1.82) is 0 Å². The van der Waals surface area contributed by atoms with Gasteiger partial charge in [0, 0.05) is 38.8 Å². The van der Waals surface area contributed by atoms with Gasteiger partial charge in [0.15, 0.2) is 11.5 Å². The Labute approximate surface area is 280 Å². The van der Waals surface area contributed by atoms with Crippen molar-refractivity contribution in [1.82, 2.24) is 20.3 Å². The maximum absolute atomic E-state index is 14.4. The number of nitrogens with one attached hydrogen (secondary N) is 1. The number of amides is 3. The van der Waals surface area contributed by atoms with Gasteiger partial charge in [0.2, 0.25) is 0 Å². The lowest BCUT2D eigenvalue weighted by atomic mass is 9.99. The van der Waals surface area contributed by atoms with E-state index in [-0.39, 0.29) is 23.8 Å². The van der Waals surface area contributed by atoms with E-state index in [1.165, 1.54) is 16.7 Å². The number of aromatic nitrogens is 1. The molecule has 1 fully saturated rings. The smallest absolute Gasteiger partial charge is 0.264 e. The molecule has 0 bridgehead atoms. The van der Waals surface area contributed by atoms with Crippen LogP contribution in [0.25, 0.3) is 0 Å². The van der Waals surface area contributed by atoms with Gasteiger partial charge in [-0.3, -0.25) is 24.2 Å². The van der Waals surface area contributed by atoms with Crippen LogP contribution in [0.1, 0.15) is 79.7 Å². The molecule has 48 heavy (non-hydrogen) atoms. The molecule has 2 aliphatic rings. The number of carbonyl (C=O) groups excluding carboxylic acids is 3. The Hall–Kier alpha value is -5.16. The fraction of sp³-hybridized carbons (Fsp3) is 0.351. The van der Waals surface area contributed by atoms with E-state index < -0.39 is 6.04 Å². The molecule has 250 valence electrons. The molecule has 3 amide bonds. The van der Waals surface area contributed by atoms with Crippen LogP contribution in [0, 0.1) is 6.92 Å². The van der Waals surface area contributed by atoms with Crippen LogP contribution in [-0.4, -0.2) is 79.6 Å². The zero-order chi connectivity index (χ0) is 33.8. The van der Waals surface area contributed by atoms with E-state index >= 15 is 0 Å². The zero-order valence-corrected chi connectivity index (χ0v) is 27.8. The van der Waals surface area contributed by atoms with Gasteiger partial charge in [-0.2, -0.15) is 0 Å². The summed E-state index contributed by atoms with van der Waals surface area (Å²) >= 11 is 0. The van der Waals surface area contributed by atoms with Gasteiger partial charge in [0.25, 0.3) is 17.7 Å². The van der Waals surface area contributed by atoms with E-state index in [1.807, 2.05) is 24.3 Å². The molecule has 3 heterocycles.